The second-order valence-electron chi connectivity index (χ2n) is 4.97. The molecule has 0 saturated heterocycles. The number of amides is 1. The van der Waals surface area contributed by atoms with E-state index in [9.17, 15) is 13.2 Å². The second-order valence-corrected chi connectivity index (χ2v) is 6.73. The zero-order chi connectivity index (χ0) is 17.4. The molecule has 0 heterocycles. The number of para-hydroxylation sites is 1. The average molecular weight is 348 g/mol. The Morgan fingerprint density at radius 1 is 1.04 bits per heavy atom. The van der Waals surface area contributed by atoms with Crippen molar-refractivity contribution in [3.05, 3.63) is 54.6 Å². The number of benzene rings is 2. The molecular weight excluding hydrogens is 328 g/mol. The van der Waals surface area contributed by atoms with Crippen LogP contribution in [0.4, 0.5) is 5.69 Å². The van der Waals surface area contributed by atoms with Gasteiger partial charge in [-0.05, 0) is 43.3 Å². The van der Waals surface area contributed by atoms with Crippen LogP contribution in [-0.2, 0) is 14.8 Å². The molecule has 0 aliphatic rings. The predicted molar refractivity (Wildman–Crippen MR) is 92.5 cm³/mol. The first kappa shape index (κ1) is 18.0. The minimum Gasteiger partial charge on any atom is -0.494 e. The van der Waals surface area contributed by atoms with Crippen LogP contribution in [0.3, 0.4) is 0 Å². The van der Waals surface area contributed by atoms with Crippen LogP contribution in [0.5, 0.6) is 5.75 Å². The molecule has 0 unspecified atom stereocenters. The van der Waals surface area contributed by atoms with Crippen molar-refractivity contribution in [2.75, 3.05) is 18.5 Å². The zero-order valence-electron chi connectivity index (χ0n) is 13.4. The van der Waals surface area contributed by atoms with Crippen LogP contribution < -0.4 is 14.8 Å². The first-order chi connectivity index (χ1) is 11.5. The van der Waals surface area contributed by atoms with Gasteiger partial charge in [0.15, 0.2) is 0 Å². The van der Waals surface area contributed by atoms with Gasteiger partial charge in [0.2, 0.25) is 15.9 Å². The maximum atomic E-state index is 12.2. The minimum atomic E-state index is -3.65. The summed E-state index contributed by atoms with van der Waals surface area (Å²) in [4.78, 5) is 11.9. The Hall–Kier alpha value is -2.38. The van der Waals surface area contributed by atoms with Gasteiger partial charge >= 0.3 is 0 Å². The van der Waals surface area contributed by atoms with Gasteiger partial charge in [-0.15, -0.1) is 0 Å². The standard InChI is InChI=1S/C17H20N2O4S/c1-2-23-15-8-10-16(11-9-15)24(21,22)18-13-12-17(20)19-14-6-4-3-5-7-14/h3-11,18H,2,12-13H2,1H3,(H,19,20). The average Bonchev–Trinajstić information content (AvgIpc) is 2.56. The Kier molecular flexibility index (Phi) is 6.34. The van der Waals surface area contributed by atoms with E-state index in [-0.39, 0.29) is 23.8 Å². The van der Waals surface area contributed by atoms with Crippen LogP contribution in [0, 0.1) is 0 Å². The summed E-state index contributed by atoms with van der Waals surface area (Å²) in [5.74, 6) is 0.356. The summed E-state index contributed by atoms with van der Waals surface area (Å²) in [5, 5.41) is 2.70. The molecule has 0 spiro atoms. The van der Waals surface area contributed by atoms with Gasteiger partial charge in [0.05, 0.1) is 11.5 Å². The van der Waals surface area contributed by atoms with E-state index in [0.717, 1.165) is 0 Å². The van der Waals surface area contributed by atoms with Gasteiger partial charge < -0.3 is 10.1 Å². The third kappa shape index (κ3) is 5.36. The lowest BCUT2D eigenvalue weighted by Gasteiger charge is -2.08. The molecule has 2 aromatic rings. The van der Waals surface area contributed by atoms with Crippen LogP contribution in [0.1, 0.15) is 13.3 Å². The van der Waals surface area contributed by atoms with Gasteiger partial charge in [0.25, 0.3) is 0 Å². The van der Waals surface area contributed by atoms with Crippen molar-refractivity contribution in [3.8, 4) is 5.75 Å². The van der Waals surface area contributed by atoms with Crippen LogP contribution in [-0.4, -0.2) is 27.5 Å². The third-order valence-electron chi connectivity index (χ3n) is 3.15. The number of anilines is 1. The largest absolute Gasteiger partial charge is 0.494 e. The van der Waals surface area contributed by atoms with E-state index >= 15 is 0 Å². The first-order valence-corrected chi connectivity index (χ1v) is 9.07. The van der Waals surface area contributed by atoms with Crippen LogP contribution in [0.25, 0.3) is 0 Å². The molecular formula is C17H20N2O4S. The quantitative estimate of drug-likeness (QED) is 0.767. The summed E-state index contributed by atoms with van der Waals surface area (Å²) in [6.07, 6.45) is 0.0468. The number of hydrogen-bond donors (Lipinski definition) is 2. The maximum absolute atomic E-state index is 12.2. The second kappa shape index (κ2) is 8.47. The summed E-state index contributed by atoms with van der Waals surface area (Å²) in [6, 6.07) is 15.1. The molecule has 7 heteroatoms. The van der Waals surface area contributed by atoms with Gasteiger partial charge in [0.1, 0.15) is 5.75 Å². The van der Waals surface area contributed by atoms with Crippen molar-refractivity contribution in [1.29, 1.82) is 0 Å². The van der Waals surface area contributed by atoms with E-state index in [1.54, 1.807) is 24.3 Å². The highest BCUT2D eigenvalue weighted by Gasteiger charge is 2.14. The lowest BCUT2D eigenvalue weighted by molar-refractivity contribution is -0.116. The highest BCUT2D eigenvalue weighted by Crippen LogP contribution is 2.15. The van der Waals surface area contributed by atoms with E-state index in [2.05, 4.69) is 10.0 Å². The van der Waals surface area contributed by atoms with Crippen molar-refractivity contribution >= 4 is 21.6 Å². The summed E-state index contributed by atoms with van der Waals surface area (Å²) >= 11 is 0. The van der Waals surface area contributed by atoms with Crippen LogP contribution in [0.15, 0.2) is 59.5 Å². The van der Waals surface area contributed by atoms with Crippen LogP contribution >= 0.6 is 0 Å². The molecule has 2 aromatic carbocycles. The van der Waals surface area contributed by atoms with Crippen molar-refractivity contribution in [3.63, 3.8) is 0 Å². The lowest BCUT2D eigenvalue weighted by Crippen LogP contribution is -2.27. The van der Waals surface area contributed by atoms with Gasteiger partial charge in [-0.1, -0.05) is 18.2 Å². The zero-order valence-corrected chi connectivity index (χ0v) is 14.2. The van der Waals surface area contributed by atoms with Crippen LogP contribution in [0.2, 0.25) is 0 Å². The molecule has 128 valence electrons. The van der Waals surface area contributed by atoms with Crippen molar-refractivity contribution in [1.82, 2.24) is 4.72 Å². The molecule has 0 fully saturated rings. The summed E-state index contributed by atoms with van der Waals surface area (Å²) in [5.41, 5.74) is 0.678. The fourth-order valence-corrected chi connectivity index (χ4v) is 3.04. The van der Waals surface area contributed by atoms with Gasteiger partial charge in [-0.2, -0.15) is 0 Å². The topological polar surface area (TPSA) is 84.5 Å². The molecule has 0 aliphatic heterocycles. The normalized spacial score (nSPS) is 11.0. The molecule has 1 amide bonds. The van der Waals surface area contributed by atoms with Crippen molar-refractivity contribution < 1.29 is 17.9 Å². The molecule has 2 rings (SSSR count). The Bertz CT molecular complexity index is 759. The molecule has 0 saturated carbocycles. The van der Waals surface area contributed by atoms with E-state index in [0.29, 0.717) is 18.0 Å². The Labute approximate surface area is 141 Å². The number of carbonyl (C=O) groups is 1. The SMILES string of the molecule is CCOc1ccc(S(=O)(=O)NCCC(=O)Nc2ccccc2)cc1. The predicted octanol–water partition coefficient (Wildman–Crippen LogP) is 2.39. The molecule has 0 atom stereocenters. The Morgan fingerprint density at radius 2 is 1.71 bits per heavy atom. The van der Waals surface area contributed by atoms with E-state index in [1.165, 1.54) is 12.1 Å². The molecule has 24 heavy (non-hydrogen) atoms. The van der Waals surface area contributed by atoms with E-state index in [1.807, 2.05) is 25.1 Å². The maximum Gasteiger partial charge on any atom is 0.240 e. The monoisotopic (exact) mass is 348 g/mol. The summed E-state index contributed by atoms with van der Waals surface area (Å²) in [7, 11) is -3.65. The number of hydrogen-bond acceptors (Lipinski definition) is 4. The summed E-state index contributed by atoms with van der Waals surface area (Å²) < 4.78 is 32.0. The fourth-order valence-electron chi connectivity index (χ4n) is 2.01. The number of ether oxygens (including phenoxy) is 1. The van der Waals surface area contributed by atoms with E-state index in [4.69, 9.17) is 4.74 Å². The smallest absolute Gasteiger partial charge is 0.240 e. The Morgan fingerprint density at radius 3 is 2.33 bits per heavy atom. The number of rotatable bonds is 8. The van der Waals surface area contributed by atoms with Gasteiger partial charge in [-0.25, -0.2) is 13.1 Å². The summed E-state index contributed by atoms with van der Waals surface area (Å²) in [6.45, 7) is 2.39. The molecule has 0 radical (unpaired) electrons. The molecule has 0 aromatic heterocycles. The lowest BCUT2D eigenvalue weighted by atomic mass is 10.3. The molecule has 2 N–H and O–H groups in total. The van der Waals surface area contributed by atoms with Gasteiger partial charge in [0, 0.05) is 18.7 Å². The third-order valence-corrected chi connectivity index (χ3v) is 4.62. The number of nitrogens with one attached hydrogen (secondary N) is 2. The van der Waals surface area contributed by atoms with E-state index < -0.39 is 10.0 Å². The molecule has 0 aliphatic carbocycles. The first-order valence-electron chi connectivity index (χ1n) is 7.58. The Balaban J connectivity index is 1.85. The number of carbonyl (C=O) groups excluding carboxylic acids is 1. The van der Waals surface area contributed by atoms with Crippen molar-refractivity contribution in [2.45, 2.75) is 18.2 Å². The number of sulfonamides is 1. The molecule has 0 bridgehead atoms. The van der Waals surface area contributed by atoms with Crippen molar-refractivity contribution in [2.24, 2.45) is 0 Å². The highest BCUT2D eigenvalue weighted by molar-refractivity contribution is 7.89. The fraction of sp³-hybridized carbons (Fsp3) is 0.235. The molecule has 6 nitrogen and oxygen atoms in total. The highest BCUT2D eigenvalue weighted by atomic mass is 32.2. The minimum absolute atomic E-state index is 0.0220. The van der Waals surface area contributed by atoms with Gasteiger partial charge in [-0.3, -0.25) is 4.79 Å².